The van der Waals surface area contributed by atoms with E-state index in [9.17, 15) is 4.79 Å². The maximum Gasteiger partial charge on any atom is 0.253 e. The van der Waals surface area contributed by atoms with E-state index in [1.54, 1.807) is 0 Å². The van der Waals surface area contributed by atoms with Gasteiger partial charge in [0.25, 0.3) is 5.91 Å². The monoisotopic (exact) mass is 339 g/mol. The van der Waals surface area contributed by atoms with Gasteiger partial charge in [0.2, 0.25) is 0 Å². The molecule has 0 N–H and O–H groups in total. The van der Waals surface area contributed by atoms with Crippen LogP contribution in [0, 0.1) is 0 Å². The number of nitrogens with zero attached hydrogens (tertiary/aromatic N) is 1. The number of amides is 1. The maximum absolute atomic E-state index is 12.4. The Bertz CT molecular complexity index is 472. The number of carbonyl (C=O) groups is 1. The molecule has 2 saturated heterocycles. The molecule has 0 atom stereocenters. The number of piperidine rings is 1. The summed E-state index contributed by atoms with van der Waals surface area (Å²) >= 11 is 3.38. The zero-order valence-electron chi connectivity index (χ0n) is 11.3. The first-order chi connectivity index (χ1) is 9.69. The number of halogens is 1. The predicted octanol–water partition coefficient (Wildman–Crippen LogP) is 2.82. The van der Waals surface area contributed by atoms with Crippen molar-refractivity contribution in [2.45, 2.75) is 25.0 Å². The summed E-state index contributed by atoms with van der Waals surface area (Å²) in [5, 5.41) is 0. The van der Waals surface area contributed by atoms with Gasteiger partial charge in [-0.15, -0.1) is 0 Å². The number of hydrogen-bond donors (Lipinski definition) is 0. The molecule has 2 aliphatic heterocycles. The third-order valence-electron chi connectivity index (χ3n) is 3.92. The SMILES string of the molecule is O=C(c1ccc(Br)cc1)N1CCC2(CC1)OCCCO2. The van der Waals surface area contributed by atoms with Crippen LogP contribution in [0.5, 0.6) is 0 Å². The fourth-order valence-electron chi connectivity index (χ4n) is 2.73. The molecule has 0 unspecified atom stereocenters. The minimum absolute atomic E-state index is 0.0863. The van der Waals surface area contributed by atoms with Gasteiger partial charge in [-0.25, -0.2) is 0 Å². The van der Waals surface area contributed by atoms with E-state index < -0.39 is 5.79 Å². The van der Waals surface area contributed by atoms with Gasteiger partial charge < -0.3 is 14.4 Å². The average Bonchev–Trinajstić information content (AvgIpc) is 2.49. The van der Waals surface area contributed by atoms with E-state index in [2.05, 4.69) is 15.9 Å². The fraction of sp³-hybridized carbons (Fsp3) is 0.533. The van der Waals surface area contributed by atoms with Crippen LogP contribution >= 0.6 is 15.9 Å². The van der Waals surface area contributed by atoms with Crippen LogP contribution in [-0.4, -0.2) is 42.9 Å². The van der Waals surface area contributed by atoms with Gasteiger partial charge in [-0.1, -0.05) is 15.9 Å². The van der Waals surface area contributed by atoms with E-state index >= 15 is 0 Å². The molecule has 1 spiro atoms. The Morgan fingerprint density at radius 3 is 2.30 bits per heavy atom. The molecule has 1 amide bonds. The Hall–Kier alpha value is -0.910. The molecule has 0 saturated carbocycles. The highest BCUT2D eigenvalue weighted by molar-refractivity contribution is 9.10. The molecular weight excluding hydrogens is 322 g/mol. The maximum atomic E-state index is 12.4. The van der Waals surface area contributed by atoms with Crippen molar-refractivity contribution in [2.24, 2.45) is 0 Å². The number of rotatable bonds is 1. The summed E-state index contributed by atoms with van der Waals surface area (Å²) in [5.41, 5.74) is 0.731. The van der Waals surface area contributed by atoms with Crippen molar-refractivity contribution in [3.63, 3.8) is 0 Å². The van der Waals surface area contributed by atoms with Crippen molar-refractivity contribution in [2.75, 3.05) is 26.3 Å². The number of likely N-dealkylation sites (tertiary alicyclic amines) is 1. The highest BCUT2D eigenvalue weighted by atomic mass is 79.9. The Morgan fingerprint density at radius 1 is 1.10 bits per heavy atom. The predicted molar refractivity (Wildman–Crippen MR) is 78.5 cm³/mol. The Morgan fingerprint density at radius 2 is 1.70 bits per heavy atom. The average molecular weight is 340 g/mol. The van der Waals surface area contributed by atoms with Crippen molar-refractivity contribution in [1.82, 2.24) is 4.90 Å². The molecule has 4 nitrogen and oxygen atoms in total. The highest BCUT2D eigenvalue weighted by Crippen LogP contribution is 2.31. The van der Waals surface area contributed by atoms with E-state index in [4.69, 9.17) is 9.47 Å². The quantitative estimate of drug-likeness (QED) is 0.789. The largest absolute Gasteiger partial charge is 0.350 e. The van der Waals surface area contributed by atoms with Crippen LogP contribution in [0.1, 0.15) is 29.6 Å². The van der Waals surface area contributed by atoms with Gasteiger partial charge in [-0.05, 0) is 30.7 Å². The van der Waals surface area contributed by atoms with E-state index in [0.29, 0.717) is 13.1 Å². The molecular formula is C15H18BrNO3. The van der Waals surface area contributed by atoms with Gasteiger partial charge in [0, 0.05) is 36.0 Å². The molecule has 1 aromatic carbocycles. The van der Waals surface area contributed by atoms with Crippen LogP contribution in [0.3, 0.4) is 0 Å². The third-order valence-corrected chi connectivity index (χ3v) is 4.45. The molecule has 108 valence electrons. The van der Waals surface area contributed by atoms with Crippen LogP contribution < -0.4 is 0 Å². The first-order valence-corrected chi connectivity index (χ1v) is 7.81. The van der Waals surface area contributed by atoms with Gasteiger partial charge >= 0.3 is 0 Å². The van der Waals surface area contributed by atoms with Gasteiger partial charge in [-0.3, -0.25) is 4.79 Å². The molecule has 2 fully saturated rings. The second-order valence-electron chi connectivity index (χ2n) is 5.26. The molecule has 0 aliphatic carbocycles. The molecule has 2 aliphatic rings. The summed E-state index contributed by atoms with van der Waals surface area (Å²) in [7, 11) is 0. The van der Waals surface area contributed by atoms with Gasteiger partial charge in [0.15, 0.2) is 5.79 Å². The Balaban J connectivity index is 1.62. The summed E-state index contributed by atoms with van der Waals surface area (Å²) in [6.07, 6.45) is 2.48. The first kappa shape index (κ1) is 14.0. The molecule has 1 aromatic rings. The normalized spacial score (nSPS) is 21.9. The number of carbonyl (C=O) groups excluding carboxylic acids is 1. The van der Waals surface area contributed by atoms with Crippen molar-refractivity contribution in [3.05, 3.63) is 34.3 Å². The lowest BCUT2D eigenvalue weighted by Crippen LogP contribution is -2.51. The van der Waals surface area contributed by atoms with Crippen molar-refractivity contribution in [1.29, 1.82) is 0 Å². The van der Waals surface area contributed by atoms with Crippen molar-refractivity contribution < 1.29 is 14.3 Å². The molecule has 3 rings (SSSR count). The third kappa shape index (κ3) is 2.90. The van der Waals surface area contributed by atoms with Crippen molar-refractivity contribution >= 4 is 21.8 Å². The molecule has 0 radical (unpaired) electrons. The topological polar surface area (TPSA) is 38.8 Å². The number of ether oxygens (including phenoxy) is 2. The zero-order chi connectivity index (χ0) is 14.0. The molecule has 2 heterocycles. The molecule has 0 aromatic heterocycles. The smallest absolute Gasteiger partial charge is 0.253 e. The minimum Gasteiger partial charge on any atom is -0.350 e. The lowest BCUT2D eigenvalue weighted by Gasteiger charge is -2.43. The van der Waals surface area contributed by atoms with Crippen LogP contribution in [0.25, 0.3) is 0 Å². The standard InChI is InChI=1S/C15H18BrNO3/c16-13-4-2-12(3-5-13)14(18)17-8-6-15(7-9-17)19-10-1-11-20-15/h2-5H,1,6-11H2. The lowest BCUT2D eigenvalue weighted by atomic mass is 10.0. The summed E-state index contributed by atoms with van der Waals surface area (Å²) in [6.45, 7) is 2.91. The van der Waals surface area contributed by atoms with Crippen LogP contribution in [0.4, 0.5) is 0 Å². The second kappa shape index (κ2) is 5.84. The first-order valence-electron chi connectivity index (χ1n) is 7.01. The van der Waals surface area contributed by atoms with E-state index in [0.717, 1.165) is 42.5 Å². The lowest BCUT2D eigenvalue weighted by molar-refractivity contribution is -0.281. The van der Waals surface area contributed by atoms with Crippen LogP contribution in [0.2, 0.25) is 0 Å². The van der Waals surface area contributed by atoms with E-state index in [1.165, 1.54) is 0 Å². The van der Waals surface area contributed by atoms with E-state index in [1.807, 2.05) is 29.2 Å². The summed E-state index contributed by atoms with van der Waals surface area (Å²) in [4.78, 5) is 14.3. The zero-order valence-corrected chi connectivity index (χ0v) is 12.9. The minimum atomic E-state index is -0.436. The summed E-state index contributed by atoms with van der Waals surface area (Å²) < 4.78 is 12.6. The second-order valence-corrected chi connectivity index (χ2v) is 6.18. The van der Waals surface area contributed by atoms with Gasteiger partial charge in [0.05, 0.1) is 13.2 Å². The van der Waals surface area contributed by atoms with Crippen LogP contribution in [-0.2, 0) is 9.47 Å². The molecule has 20 heavy (non-hydrogen) atoms. The summed E-state index contributed by atoms with van der Waals surface area (Å²) in [6, 6.07) is 7.49. The Kier molecular flexibility index (Phi) is 4.10. The number of benzene rings is 1. The van der Waals surface area contributed by atoms with Crippen molar-refractivity contribution in [3.8, 4) is 0 Å². The molecule has 5 heteroatoms. The molecule has 0 bridgehead atoms. The fourth-order valence-corrected chi connectivity index (χ4v) is 3.00. The van der Waals surface area contributed by atoms with E-state index in [-0.39, 0.29) is 5.91 Å². The van der Waals surface area contributed by atoms with Crippen LogP contribution in [0.15, 0.2) is 28.7 Å². The highest BCUT2D eigenvalue weighted by Gasteiger charge is 2.39. The number of hydrogen-bond acceptors (Lipinski definition) is 3. The van der Waals surface area contributed by atoms with Gasteiger partial charge in [0.1, 0.15) is 0 Å². The Labute approximate surface area is 127 Å². The van der Waals surface area contributed by atoms with Gasteiger partial charge in [-0.2, -0.15) is 0 Å². The summed E-state index contributed by atoms with van der Waals surface area (Å²) in [5.74, 6) is -0.350.